The highest BCUT2D eigenvalue weighted by Crippen LogP contribution is 2.59. The second-order valence-corrected chi connectivity index (χ2v) is 9.71. The Hall–Kier alpha value is -2.74. The fourth-order valence-corrected chi connectivity index (χ4v) is 6.78. The van der Waals surface area contributed by atoms with Crippen LogP contribution in [0.1, 0.15) is 17.5 Å². The van der Waals surface area contributed by atoms with E-state index >= 15 is 0 Å². The molecule has 2 aliphatic rings. The Labute approximate surface area is 170 Å². The Morgan fingerprint density at radius 3 is 2.38 bits per heavy atom. The minimum atomic E-state index is -3.83. The SMILES string of the molecule is COc1ccc(NC(=O)[C@]23C[C@@H]2CN(c2c(C)cccc2C)S3(=O)=O)cc1OC. The molecule has 1 aliphatic heterocycles. The zero-order chi connectivity index (χ0) is 21.0. The van der Waals surface area contributed by atoms with Gasteiger partial charge in [-0.3, -0.25) is 9.10 Å². The number of sulfonamides is 1. The van der Waals surface area contributed by atoms with Crippen molar-refractivity contribution in [2.24, 2.45) is 5.92 Å². The maximum Gasteiger partial charge on any atom is 0.250 e. The number of anilines is 2. The molecule has 0 spiro atoms. The van der Waals surface area contributed by atoms with Gasteiger partial charge < -0.3 is 14.8 Å². The highest BCUT2D eigenvalue weighted by atomic mass is 32.2. The van der Waals surface area contributed by atoms with E-state index in [1.54, 1.807) is 18.2 Å². The summed E-state index contributed by atoms with van der Waals surface area (Å²) < 4.78 is 37.3. The van der Waals surface area contributed by atoms with Crippen LogP contribution < -0.4 is 19.1 Å². The van der Waals surface area contributed by atoms with Crippen LogP contribution in [-0.2, 0) is 14.8 Å². The molecule has 154 valence electrons. The van der Waals surface area contributed by atoms with Crippen LogP contribution in [0, 0.1) is 19.8 Å². The molecule has 1 aliphatic carbocycles. The van der Waals surface area contributed by atoms with Gasteiger partial charge in [-0.15, -0.1) is 0 Å². The number of fused-ring (bicyclic) bond motifs is 1. The first kappa shape index (κ1) is 19.6. The van der Waals surface area contributed by atoms with Gasteiger partial charge >= 0.3 is 0 Å². The number of amides is 1. The van der Waals surface area contributed by atoms with Gasteiger partial charge in [0.15, 0.2) is 16.2 Å². The summed E-state index contributed by atoms with van der Waals surface area (Å²) in [6.07, 6.45) is 0.343. The van der Waals surface area contributed by atoms with Gasteiger partial charge in [0, 0.05) is 24.2 Å². The van der Waals surface area contributed by atoms with Crippen molar-refractivity contribution >= 4 is 27.3 Å². The smallest absolute Gasteiger partial charge is 0.250 e. The van der Waals surface area contributed by atoms with Crippen molar-refractivity contribution in [1.29, 1.82) is 0 Å². The minimum Gasteiger partial charge on any atom is -0.493 e. The number of para-hydroxylation sites is 1. The predicted octanol–water partition coefficient (Wildman–Crippen LogP) is 2.87. The van der Waals surface area contributed by atoms with E-state index in [-0.39, 0.29) is 5.92 Å². The number of nitrogens with zero attached hydrogens (tertiary/aromatic N) is 1. The highest BCUT2D eigenvalue weighted by Gasteiger charge is 2.75. The summed E-state index contributed by atoms with van der Waals surface area (Å²) in [6.45, 7) is 4.10. The van der Waals surface area contributed by atoms with Crippen LogP contribution >= 0.6 is 0 Å². The predicted molar refractivity (Wildman–Crippen MR) is 111 cm³/mol. The Bertz CT molecular complexity index is 1080. The Morgan fingerprint density at radius 1 is 1.10 bits per heavy atom. The molecule has 4 rings (SSSR count). The average molecular weight is 416 g/mol. The number of aryl methyl sites for hydroxylation is 2. The number of carbonyl (C=O) groups is 1. The van der Waals surface area contributed by atoms with Gasteiger partial charge in [0.25, 0.3) is 0 Å². The number of ether oxygens (including phenoxy) is 2. The van der Waals surface area contributed by atoms with Crippen LogP contribution in [0.3, 0.4) is 0 Å². The molecule has 7 nitrogen and oxygen atoms in total. The lowest BCUT2D eigenvalue weighted by atomic mass is 10.1. The summed E-state index contributed by atoms with van der Waals surface area (Å²) in [4.78, 5) is 13.1. The average Bonchev–Trinajstić information content (AvgIpc) is 3.38. The van der Waals surface area contributed by atoms with Gasteiger partial charge in [0.05, 0.1) is 19.9 Å². The maximum absolute atomic E-state index is 13.4. The number of hydrogen-bond acceptors (Lipinski definition) is 5. The third kappa shape index (κ3) is 2.77. The molecule has 2 fully saturated rings. The number of carbonyl (C=O) groups excluding carboxylic acids is 1. The number of rotatable bonds is 5. The fraction of sp³-hybridized carbons (Fsp3) is 0.381. The van der Waals surface area contributed by atoms with Crippen molar-refractivity contribution < 1.29 is 22.7 Å². The monoisotopic (exact) mass is 416 g/mol. The van der Waals surface area contributed by atoms with E-state index in [1.165, 1.54) is 18.5 Å². The van der Waals surface area contributed by atoms with Gasteiger partial charge in [-0.2, -0.15) is 0 Å². The van der Waals surface area contributed by atoms with E-state index in [9.17, 15) is 13.2 Å². The Balaban J connectivity index is 1.64. The fourth-order valence-electron chi connectivity index (χ4n) is 4.29. The molecule has 1 saturated carbocycles. The summed E-state index contributed by atoms with van der Waals surface area (Å²) in [7, 11) is -0.806. The first-order chi connectivity index (χ1) is 13.8. The highest BCUT2D eigenvalue weighted by molar-refractivity contribution is 7.95. The third-order valence-corrected chi connectivity index (χ3v) is 8.42. The summed E-state index contributed by atoms with van der Waals surface area (Å²) in [5, 5.41) is 2.77. The lowest BCUT2D eigenvalue weighted by Crippen LogP contribution is -2.42. The molecule has 1 N–H and O–H groups in total. The Kier molecular flexibility index (Phi) is 4.49. The van der Waals surface area contributed by atoms with Crippen molar-refractivity contribution in [3.8, 4) is 11.5 Å². The molecule has 1 amide bonds. The maximum atomic E-state index is 13.4. The van der Waals surface area contributed by atoms with Gasteiger partial charge in [-0.1, -0.05) is 18.2 Å². The van der Waals surface area contributed by atoms with Gasteiger partial charge in [-0.25, -0.2) is 8.42 Å². The summed E-state index contributed by atoms with van der Waals surface area (Å²) in [6, 6.07) is 10.6. The second kappa shape index (κ2) is 6.66. The summed E-state index contributed by atoms with van der Waals surface area (Å²) in [5.41, 5.74) is 2.90. The topological polar surface area (TPSA) is 84.9 Å². The first-order valence-electron chi connectivity index (χ1n) is 9.38. The molecule has 1 saturated heterocycles. The van der Waals surface area contributed by atoms with E-state index in [2.05, 4.69) is 5.32 Å². The molecule has 2 aromatic rings. The van der Waals surface area contributed by atoms with E-state index in [4.69, 9.17) is 9.47 Å². The van der Waals surface area contributed by atoms with Gasteiger partial charge in [-0.05, 0) is 43.5 Å². The van der Waals surface area contributed by atoms with E-state index < -0.39 is 20.7 Å². The summed E-state index contributed by atoms with van der Waals surface area (Å²) >= 11 is 0. The van der Waals surface area contributed by atoms with Crippen molar-refractivity contribution in [2.45, 2.75) is 25.0 Å². The molecule has 0 bridgehead atoms. The zero-order valence-corrected chi connectivity index (χ0v) is 17.7. The third-order valence-electron chi connectivity index (χ3n) is 5.90. The van der Waals surface area contributed by atoms with Crippen molar-refractivity contribution in [2.75, 3.05) is 30.4 Å². The standard InChI is InChI=1S/C21H24N2O5S/c1-13-6-5-7-14(2)19(13)23-12-15-11-21(15,29(23,25)26)20(24)22-16-8-9-17(27-3)18(10-16)28-4/h5-10,15H,11-12H2,1-4H3,(H,22,24)/t15-,21+/m1/s1. The van der Waals surface area contributed by atoms with Crippen LogP contribution in [0.2, 0.25) is 0 Å². The number of hydrogen-bond donors (Lipinski definition) is 1. The lowest BCUT2D eigenvalue weighted by Gasteiger charge is -2.26. The molecule has 8 heteroatoms. The van der Waals surface area contributed by atoms with Crippen LogP contribution in [0.4, 0.5) is 11.4 Å². The van der Waals surface area contributed by atoms with E-state index in [0.29, 0.717) is 35.8 Å². The molecular weight excluding hydrogens is 392 g/mol. The molecule has 0 unspecified atom stereocenters. The van der Waals surface area contributed by atoms with Crippen LogP contribution in [0.25, 0.3) is 0 Å². The van der Waals surface area contributed by atoms with E-state index in [1.807, 2.05) is 32.0 Å². The van der Waals surface area contributed by atoms with E-state index in [0.717, 1.165) is 11.1 Å². The van der Waals surface area contributed by atoms with Crippen molar-refractivity contribution in [1.82, 2.24) is 0 Å². The summed E-state index contributed by atoms with van der Waals surface area (Å²) in [5.74, 6) is 0.277. The lowest BCUT2D eigenvalue weighted by molar-refractivity contribution is -0.116. The number of nitrogens with one attached hydrogen (secondary N) is 1. The van der Waals surface area contributed by atoms with Crippen molar-refractivity contribution in [3.63, 3.8) is 0 Å². The molecular formula is C21H24N2O5S. The first-order valence-corrected chi connectivity index (χ1v) is 10.8. The molecule has 0 aromatic heterocycles. The zero-order valence-electron chi connectivity index (χ0n) is 16.9. The largest absolute Gasteiger partial charge is 0.493 e. The van der Waals surface area contributed by atoms with Crippen LogP contribution in [0.5, 0.6) is 11.5 Å². The molecule has 0 radical (unpaired) electrons. The quantitative estimate of drug-likeness (QED) is 0.810. The van der Waals surface area contributed by atoms with Crippen molar-refractivity contribution in [3.05, 3.63) is 47.5 Å². The second-order valence-electron chi connectivity index (χ2n) is 7.59. The minimum absolute atomic E-state index is 0.216. The number of benzene rings is 2. The van der Waals surface area contributed by atoms with Crippen LogP contribution in [-0.4, -0.2) is 39.8 Å². The van der Waals surface area contributed by atoms with Gasteiger partial charge in [0.1, 0.15) is 0 Å². The molecule has 1 heterocycles. The molecule has 29 heavy (non-hydrogen) atoms. The molecule has 2 aromatic carbocycles. The number of methoxy groups -OCH3 is 2. The molecule has 2 atom stereocenters. The van der Waals surface area contributed by atoms with Gasteiger partial charge in [0.2, 0.25) is 15.9 Å². The Morgan fingerprint density at radius 2 is 1.76 bits per heavy atom. The normalized spacial score (nSPS) is 24.0. The van der Waals surface area contributed by atoms with Crippen LogP contribution in [0.15, 0.2) is 36.4 Å².